The first-order valence-electron chi connectivity index (χ1n) is 30.6. The second kappa shape index (κ2) is 25.7. The lowest BCUT2D eigenvalue weighted by molar-refractivity contribution is -0.404. The van der Waals surface area contributed by atoms with E-state index in [9.17, 15) is 86.8 Å². The number of nitrogens with one attached hydrogen (secondary N) is 1. The standard InChI is InChI=1S/C56H93NO28/c1-20-33-28(85-56(74)12-21(13-57-48(20)56)18-75-49-42(71)38(67)35(64)29(14-58)78-49)11-26-24-5-4-22-10-23(6-8-54(22,2)25(24)7-9-55(26,33)3)77-51-44(73)40(69)45(32(17-61)81-51)82-53-47(84-52-43(72)39(68)36(65)30(15-59)79-52)46(37(66)31(16-60)80-53)83-50-41(70)34(63)27(62)19-76-50/h20-53,57-74H,4-19H2,1-3H3/t20-,21-,22-,23-,24+,25-,26-,27+,28-,29+,30+,31+,32+,33-,34-,35+,36+,37+,38-,39-,40+,41+,42+,43+,44+,45-,46-,47+,48+,49+,50-,51+,52-,53-,54-,55-,56-/m0/s1. The summed E-state index contributed by atoms with van der Waals surface area (Å²) < 4.78 is 66.3. The Morgan fingerprint density at radius 2 is 1.08 bits per heavy atom. The van der Waals surface area contributed by atoms with Gasteiger partial charge in [-0.25, -0.2) is 0 Å². The van der Waals surface area contributed by atoms with Crippen molar-refractivity contribution in [1.29, 1.82) is 0 Å². The zero-order valence-corrected chi connectivity index (χ0v) is 48.0. The van der Waals surface area contributed by atoms with Crippen molar-refractivity contribution in [2.45, 2.75) is 250 Å². The molecule has 37 atom stereocenters. The fraction of sp³-hybridized carbons (Fsp3) is 1.00. The van der Waals surface area contributed by atoms with Crippen molar-refractivity contribution in [2.75, 3.05) is 46.2 Å². The maximum absolute atomic E-state index is 12.4. The fourth-order valence-corrected chi connectivity index (χ4v) is 17.8. The van der Waals surface area contributed by atoms with Gasteiger partial charge in [-0.1, -0.05) is 20.8 Å². The number of hydrogen-bond donors (Lipinski definition) is 18. The van der Waals surface area contributed by atoms with Gasteiger partial charge >= 0.3 is 0 Å². The van der Waals surface area contributed by atoms with E-state index in [-0.39, 0.29) is 59.7 Å². The van der Waals surface area contributed by atoms with Crippen LogP contribution < -0.4 is 5.32 Å². The number of piperidine rings is 1. The molecule has 490 valence electrons. The highest BCUT2D eigenvalue weighted by Gasteiger charge is 2.68. The molecule has 0 radical (unpaired) electrons. The molecule has 0 spiro atoms. The Balaban J connectivity index is 0.731. The van der Waals surface area contributed by atoms with Gasteiger partial charge in [0.2, 0.25) is 0 Å². The quantitative estimate of drug-likeness (QED) is 0.0678. The third-order valence-electron chi connectivity index (χ3n) is 22.3. The van der Waals surface area contributed by atoms with E-state index in [1.807, 2.05) is 0 Å². The Morgan fingerprint density at radius 1 is 0.518 bits per heavy atom. The van der Waals surface area contributed by atoms with E-state index in [4.69, 9.17) is 52.1 Å². The van der Waals surface area contributed by atoms with Crippen LogP contribution in [0, 0.1) is 52.3 Å². The predicted octanol–water partition coefficient (Wildman–Crippen LogP) is -6.93. The molecule has 29 heteroatoms. The molecule has 11 aliphatic rings. The molecular weight excluding hydrogens is 1130 g/mol. The van der Waals surface area contributed by atoms with E-state index in [0.29, 0.717) is 37.1 Å². The molecule has 85 heavy (non-hydrogen) atoms. The van der Waals surface area contributed by atoms with E-state index in [0.717, 1.165) is 38.5 Å². The number of aliphatic hydroxyl groups excluding tert-OH is 16. The van der Waals surface area contributed by atoms with Crippen molar-refractivity contribution >= 4 is 0 Å². The maximum atomic E-state index is 12.4. The van der Waals surface area contributed by atoms with Crippen LogP contribution in [0.4, 0.5) is 0 Å². The van der Waals surface area contributed by atoms with Crippen LogP contribution in [-0.2, 0) is 52.1 Å². The molecule has 4 aliphatic carbocycles. The topological polar surface area (TPSA) is 457 Å². The van der Waals surface area contributed by atoms with Gasteiger partial charge < -0.3 is 144 Å². The van der Waals surface area contributed by atoms with Crippen molar-refractivity contribution in [3.8, 4) is 0 Å². The highest BCUT2D eigenvalue weighted by atomic mass is 16.8. The van der Waals surface area contributed by atoms with Crippen molar-refractivity contribution < 1.29 is 139 Å². The maximum Gasteiger partial charge on any atom is 0.187 e. The largest absolute Gasteiger partial charge is 0.394 e. The number of aliphatic hydroxyl groups is 17. The summed E-state index contributed by atoms with van der Waals surface area (Å²) in [4.78, 5) is 0. The number of hydrogen-bond acceptors (Lipinski definition) is 29. The summed E-state index contributed by atoms with van der Waals surface area (Å²) in [6.07, 6.45) is -34.2. The lowest BCUT2D eigenvalue weighted by atomic mass is 9.44. The molecule has 18 N–H and O–H groups in total. The van der Waals surface area contributed by atoms with Crippen LogP contribution in [0.25, 0.3) is 0 Å². The molecule has 0 aromatic carbocycles. The third-order valence-corrected chi connectivity index (χ3v) is 22.3. The van der Waals surface area contributed by atoms with Gasteiger partial charge in [-0.15, -0.1) is 0 Å². The fourth-order valence-electron chi connectivity index (χ4n) is 17.8. The summed E-state index contributed by atoms with van der Waals surface area (Å²) in [5.41, 5.74) is -0.0920. The van der Waals surface area contributed by atoms with E-state index in [2.05, 4.69) is 26.1 Å². The lowest BCUT2D eigenvalue weighted by Gasteiger charge is -2.62. The average Bonchev–Trinajstić information content (AvgIpc) is 1.68. The van der Waals surface area contributed by atoms with Gasteiger partial charge in [0, 0.05) is 18.9 Å². The molecule has 7 aliphatic heterocycles. The Labute approximate surface area is 491 Å². The zero-order valence-electron chi connectivity index (χ0n) is 48.0. The summed E-state index contributed by atoms with van der Waals surface area (Å²) in [5, 5.41) is 187. The summed E-state index contributed by atoms with van der Waals surface area (Å²) in [5.74, 6) is -0.0727. The molecule has 0 aromatic rings. The number of ether oxygens (including phenoxy) is 11. The zero-order chi connectivity index (χ0) is 60.9. The molecule has 7 heterocycles. The molecular formula is C56H93NO28. The summed E-state index contributed by atoms with van der Waals surface area (Å²) in [6, 6.07) is -0.338. The number of rotatable bonds is 15. The van der Waals surface area contributed by atoms with Gasteiger partial charge in [0.25, 0.3) is 0 Å². The molecule has 0 aromatic heterocycles. The van der Waals surface area contributed by atoms with E-state index < -0.39 is 192 Å². The SMILES string of the molecule is C[C@H]1[C@H]2[C@H](C[C@H]3[C@@H]4CC[C@H]5C[C@@H](O[C@@H]6O[C@H](CO)[C@H](O[C@@H]7O[C@H](CO)[C@@H](O)[C@H](O[C@@H]8OC[C@@H](O)[C@H](O)[C@H]8O)[C@H]7O[C@@H]7O[C@H](CO)[C@@H](O)[C@H](O)[C@H]7O)[C@H](O)[C@H]6O)CC[C@]5(C)[C@H]4CC[C@]23C)O[C@@]2(O)C[C@H](CO[C@@H]3O[C@H](CO)[C@@H](O)[C@H](O)[C@H]3O)CN[C@H]12. The highest BCUT2D eigenvalue weighted by molar-refractivity contribution is 5.16. The molecule has 11 fully saturated rings. The molecule has 11 rings (SSSR count). The van der Waals surface area contributed by atoms with Gasteiger partial charge in [0.15, 0.2) is 37.2 Å². The highest BCUT2D eigenvalue weighted by Crippen LogP contribution is 2.70. The summed E-state index contributed by atoms with van der Waals surface area (Å²) in [7, 11) is 0. The second-order valence-electron chi connectivity index (χ2n) is 27.0. The summed E-state index contributed by atoms with van der Waals surface area (Å²) in [6.45, 7) is 3.90. The first-order valence-corrected chi connectivity index (χ1v) is 30.6. The second-order valence-corrected chi connectivity index (χ2v) is 27.0. The molecule has 7 saturated heterocycles. The van der Waals surface area contributed by atoms with Gasteiger partial charge in [-0.05, 0) is 97.7 Å². The van der Waals surface area contributed by atoms with Crippen molar-refractivity contribution in [2.24, 2.45) is 52.3 Å². The molecule has 0 unspecified atom stereocenters. The molecule has 0 bridgehead atoms. The molecule has 4 saturated carbocycles. The minimum absolute atomic E-state index is 0.0389. The third kappa shape index (κ3) is 11.7. The van der Waals surface area contributed by atoms with Gasteiger partial charge in [-0.2, -0.15) is 0 Å². The smallest absolute Gasteiger partial charge is 0.187 e. The van der Waals surface area contributed by atoms with Gasteiger partial charge in [-0.3, -0.25) is 0 Å². The Hall–Kier alpha value is -1.16. The Bertz CT molecular complexity index is 2210. The lowest BCUT2D eigenvalue weighted by Crippen LogP contribution is -2.69. The van der Waals surface area contributed by atoms with Crippen molar-refractivity contribution in [3.05, 3.63) is 0 Å². The monoisotopic (exact) mass is 1230 g/mol. The van der Waals surface area contributed by atoms with Crippen molar-refractivity contribution in [1.82, 2.24) is 5.32 Å². The van der Waals surface area contributed by atoms with Crippen LogP contribution in [-0.4, -0.2) is 304 Å². The normalized spacial score (nSPS) is 57.2. The van der Waals surface area contributed by atoms with Crippen LogP contribution in [0.15, 0.2) is 0 Å². The summed E-state index contributed by atoms with van der Waals surface area (Å²) >= 11 is 0. The van der Waals surface area contributed by atoms with Crippen LogP contribution in [0.5, 0.6) is 0 Å². The minimum atomic E-state index is -2.03. The first-order chi connectivity index (χ1) is 40.4. The number of fused-ring (bicyclic) bond motifs is 8. The van der Waals surface area contributed by atoms with Crippen LogP contribution in [0.1, 0.15) is 78.6 Å². The van der Waals surface area contributed by atoms with E-state index >= 15 is 0 Å². The Kier molecular flexibility index (Phi) is 19.8. The van der Waals surface area contributed by atoms with Gasteiger partial charge in [0.05, 0.1) is 57.9 Å². The minimum Gasteiger partial charge on any atom is -0.394 e. The first kappa shape index (κ1) is 65.3. The van der Waals surface area contributed by atoms with E-state index in [1.54, 1.807) is 0 Å². The van der Waals surface area contributed by atoms with Crippen LogP contribution in [0.2, 0.25) is 0 Å². The molecule has 0 amide bonds. The van der Waals surface area contributed by atoms with E-state index in [1.165, 1.54) is 0 Å². The Morgan fingerprint density at radius 3 is 1.76 bits per heavy atom. The average molecular weight is 1230 g/mol. The van der Waals surface area contributed by atoms with Crippen LogP contribution in [0.3, 0.4) is 0 Å². The predicted molar refractivity (Wildman–Crippen MR) is 280 cm³/mol. The van der Waals surface area contributed by atoms with Crippen LogP contribution >= 0.6 is 0 Å². The van der Waals surface area contributed by atoms with Crippen molar-refractivity contribution in [3.63, 3.8) is 0 Å². The van der Waals surface area contributed by atoms with Gasteiger partial charge in [0.1, 0.15) is 116 Å². The molecule has 29 nitrogen and oxygen atoms in total.